The molecular formula is C27H32FN3O. The molecular weight excluding hydrogens is 401 g/mol. The van der Waals surface area contributed by atoms with Crippen molar-refractivity contribution in [1.82, 2.24) is 15.0 Å². The van der Waals surface area contributed by atoms with Crippen molar-refractivity contribution < 1.29 is 8.91 Å². The molecule has 1 unspecified atom stereocenters. The molecule has 1 aliphatic rings. The highest BCUT2D eigenvalue weighted by Gasteiger charge is 2.29. The molecule has 32 heavy (non-hydrogen) atoms. The first kappa shape index (κ1) is 22.4. The van der Waals surface area contributed by atoms with Crippen molar-refractivity contribution >= 4 is 6.08 Å². The number of nitrogens with zero attached hydrogens (tertiary/aromatic N) is 3. The van der Waals surface area contributed by atoms with E-state index >= 15 is 0 Å². The van der Waals surface area contributed by atoms with Gasteiger partial charge in [0, 0.05) is 11.6 Å². The summed E-state index contributed by atoms with van der Waals surface area (Å²) in [5.41, 5.74) is 4.51. The molecule has 168 valence electrons. The van der Waals surface area contributed by atoms with Crippen LogP contribution in [0.5, 0.6) is 0 Å². The summed E-state index contributed by atoms with van der Waals surface area (Å²) in [6, 6.07) is 13.5. The zero-order chi connectivity index (χ0) is 22.7. The van der Waals surface area contributed by atoms with Gasteiger partial charge in [-0.3, -0.25) is 0 Å². The second kappa shape index (κ2) is 9.78. The van der Waals surface area contributed by atoms with Gasteiger partial charge in [0.25, 0.3) is 5.89 Å². The first-order valence-corrected chi connectivity index (χ1v) is 11.4. The van der Waals surface area contributed by atoms with Gasteiger partial charge in [0.2, 0.25) is 5.82 Å². The van der Waals surface area contributed by atoms with Crippen molar-refractivity contribution in [2.45, 2.75) is 45.6 Å². The van der Waals surface area contributed by atoms with Gasteiger partial charge in [-0.25, -0.2) is 4.39 Å². The van der Waals surface area contributed by atoms with Crippen LogP contribution in [0.4, 0.5) is 4.39 Å². The molecule has 1 aliphatic carbocycles. The minimum absolute atomic E-state index is 0.161. The summed E-state index contributed by atoms with van der Waals surface area (Å²) in [5.74, 6) is 2.03. The summed E-state index contributed by atoms with van der Waals surface area (Å²) in [4.78, 5) is 6.77. The quantitative estimate of drug-likeness (QED) is 0.438. The van der Waals surface area contributed by atoms with Crippen molar-refractivity contribution in [2.75, 3.05) is 14.1 Å². The molecule has 1 heterocycles. The van der Waals surface area contributed by atoms with Gasteiger partial charge in [-0.05, 0) is 106 Å². The fourth-order valence-electron chi connectivity index (χ4n) is 4.85. The first-order chi connectivity index (χ1) is 15.4. The van der Waals surface area contributed by atoms with E-state index in [1.807, 2.05) is 24.3 Å². The molecule has 1 atom stereocenters. The van der Waals surface area contributed by atoms with Crippen molar-refractivity contribution in [2.24, 2.45) is 11.8 Å². The highest BCUT2D eigenvalue weighted by atomic mass is 19.1. The lowest BCUT2D eigenvalue weighted by atomic mass is 9.76. The Morgan fingerprint density at radius 2 is 1.81 bits per heavy atom. The van der Waals surface area contributed by atoms with E-state index < -0.39 is 0 Å². The Hall–Kier alpha value is -2.79. The van der Waals surface area contributed by atoms with Gasteiger partial charge in [0.15, 0.2) is 0 Å². The van der Waals surface area contributed by atoms with E-state index in [0.29, 0.717) is 23.6 Å². The van der Waals surface area contributed by atoms with E-state index in [9.17, 15) is 4.39 Å². The van der Waals surface area contributed by atoms with Crippen LogP contribution in [-0.4, -0.2) is 29.1 Å². The van der Waals surface area contributed by atoms with Crippen LogP contribution in [0.15, 0.2) is 53.1 Å². The topological polar surface area (TPSA) is 42.2 Å². The summed E-state index contributed by atoms with van der Waals surface area (Å²) in [6.45, 7) is 4.18. The zero-order valence-corrected chi connectivity index (χ0v) is 19.4. The number of allylic oxidation sites excluding steroid dienone is 1. The van der Waals surface area contributed by atoms with E-state index in [0.717, 1.165) is 36.8 Å². The Kier molecular flexibility index (Phi) is 6.85. The van der Waals surface area contributed by atoms with Crippen LogP contribution in [-0.2, 0) is 0 Å². The van der Waals surface area contributed by atoms with Gasteiger partial charge in [-0.1, -0.05) is 35.5 Å². The Labute approximate surface area is 190 Å². The molecule has 4 rings (SSSR count). The number of rotatable bonds is 6. The maximum atomic E-state index is 13.8. The number of hydrogen-bond acceptors (Lipinski definition) is 4. The summed E-state index contributed by atoms with van der Waals surface area (Å²) in [7, 11) is 4.18. The fraction of sp³-hybridized carbons (Fsp3) is 0.407. The van der Waals surface area contributed by atoms with Gasteiger partial charge in [-0.2, -0.15) is 4.98 Å². The number of halogens is 1. The Morgan fingerprint density at radius 1 is 1.03 bits per heavy atom. The van der Waals surface area contributed by atoms with E-state index in [-0.39, 0.29) is 11.9 Å². The third-order valence-electron chi connectivity index (χ3n) is 6.73. The van der Waals surface area contributed by atoms with Crippen molar-refractivity contribution in [3.8, 4) is 11.4 Å². The number of aryl methyl sites for hydroxylation is 2. The van der Waals surface area contributed by atoms with Crippen LogP contribution in [0.2, 0.25) is 0 Å². The SMILES string of the molecule is Cc1ccc(-c2noc(C=CC3CCC(C(c4cccc(F)c4)N(C)C)CC3)n2)cc1C. The van der Waals surface area contributed by atoms with Crippen LogP contribution >= 0.6 is 0 Å². The largest absolute Gasteiger partial charge is 0.334 e. The predicted octanol–water partition coefficient (Wildman–Crippen LogP) is 6.62. The van der Waals surface area contributed by atoms with E-state index in [1.165, 1.54) is 17.2 Å². The first-order valence-electron chi connectivity index (χ1n) is 11.4. The van der Waals surface area contributed by atoms with Gasteiger partial charge in [0.1, 0.15) is 5.82 Å². The Morgan fingerprint density at radius 3 is 2.50 bits per heavy atom. The molecule has 0 aliphatic heterocycles. The molecule has 1 saturated carbocycles. The monoisotopic (exact) mass is 433 g/mol. The van der Waals surface area contributed by atoms with Crippen molar-refractivity contribution in [3.63, 3.8) is 0 Å². The van der Waals surface area contributed by atoms with Crippen LogP contribution in [0.3, 0.4) is 0 Å². The molecule has 2 aromatic carbocycles. The second-order valence-electron chi connectivity index (χ2n) is 9.25. The average molecular weight is 434 g/mol. The molecule has 0 N–H and O–H groups in total. The molecule has 5 heteroatoms. The van der Waals surface area contributed by atoms with Crippen molar-refractivity contribution in [1.29, 1.82) is 0 Å². The molecule has 0 bridgehead atoms. The lowest BCUT2D eigenvalue weighted by Gasteiger charge is -2.37. The maximum absolute atomic E-state index is 13.8. The summed E-state index contributed by atoms with van der Waals surface area (Å²) in [5, 5.41) is 4.14. The molecule has 0 amide bonds. The number of aromatic nitrogens is 2. The van der Waals surface area contributed by atoms with Gasteiger partial charge < -0.3 is 9.42 Å². The number of benzene rings is 2. The van der Waals surface area contributed by atoms with Crippen LogP contribution in [0.1, 0.15) is 54.3 Å². The number of hydrogen-bond donors (Lipinski definition) is 0. The van der Waals surface area contributed by atoms with Gasteiger partial charge >= 0.3 is 0 Å². The fourth-order valence-corrected chi connectivity index (χ4v) is 4.85. The average Bonchev–Trinajstić information content (AvgIpc) is 3.24. The standard InChI is InChI=1S/C27H32FN3O/c1-18-8-12-23(16-19(18)2)27-29-25(32-30-27)15-11-20-9-13-21(14-10-20)26(31(3)4)22-6-5-7-24(28)17-22/h5-8,11-12,15-17,20-21,26H,9-10,13-14H2,1-4H3. The third-order valence-corrected chi connectivity index (χ3v) is 6.73. The van der Waals surface area contributed by atoms with Gasteiger partial charge in [-0.15, -0.1) is 0 Å². The molecule has 0 radical (unpaired) electrons. The van der Waals surface area contributed by atoms with E-state index in [2.05, 4.69) is 61.2 Å². The van der Waals surface area contributed by atoms with E-state index in [1.54, 1.807) is 6.07 Å². The maximum Gasteiger partial charge on any atom is 0.250 e. The summed E-state index contributed by atoms with van der Waals surface area (Å²) < 4.78 is 19.2. The third kappa shape index (κ3) is 5.16. The lowest BCUT2D eigenvalue weighted by Crippen LogP contribution is -2.30. The van der Waals surface area contributed by atoms with Crippen LogP contribution in [0.25, 0.3) is 17.5 Å². The summed E-state index contributed by atoms with van der Waals surface area (Å²) >= 11 is 0. The smallest absolute Gasteiger partial charge is 0.250 e. The zero-order valence-electron chi connectivity index (χ0n) is 19.4. The molecule has 4 nitrogen and oxygen atoms in total. The molecule has 1 fully saturated rings. The van der Waals surface area contributed by atoms with Crippen LogP contribution < -0.4 is 0 Å². The highest BCUT2D eigenvalue weighted by molar-refractivity contribution is 5.57. The Balaban J connectivity index is 1.37. The second-order valence-corrected chi connectivity index (χ2v) is 9.25. The molecule has 1 aromatic heterocycles. The van der Waals surface area contributed by atoms with Crippen LogP contribution in [0, 0.1) is 31.5 Å². The minimum Gasteiger partial charge on any atom is -0.334 e. The molecule has 3 aromatic rings. The lowest BCUT2D eigenvalue weighted by molar-refractivity contribution is 0.159. The minimum atomic E-state index is -0.161. The Bertz CT molecular complexity index is 1080. The van der Waals surface area contributed by atoms with Crippen molar-refractivity contribution in [3.05, 3.63) is 76.9 Å². The summed E-state index contributed by atoms with van der Waals surface area (Å²) in [6.07, 6.45) is 8.62. The highest BCUT2D eigenvalue weighted by Crippen LogP contribution is 2.40. The predicted molar refractivity (Wildman–Crippen MR) is 127 cm³/mol. The normalized spacial score (nSPS) is 20.2. The van der Waals surface area contributed by atoms with Gasteiger partial charge in [0.05, 0.1) is 0 Å². The van der Waals surface area contributed by atoms with E-state index in [4.69, 9.17) is 4.52 Å². The molecule has 0 saturated heterocycles. The molecule has 0 spiro atoms.